The van der Waals surface area contributed by atoms with Crippen LogP contribution in [0.4, 0.5) is 0 Å². The summed E-state index contributed by atoms with van der Waals surface area (Å²) in [5.41, 5.74) is 1.96. The highest BCUT2D eigenvalue weighted by Crippen LogP contribution is 2.35. The first-order valence-corrected chi connectivity index (χ1v) is 13.7. The van der Waals surface area contributed by atoms with Crippen molar-refractivity contribution in [3.05, 3.63) is 50.6 Å². The quantitative estimate of drug-likeness (QED) is 0.529. The van der Waals surface area contributed by atoms with Crippen molar-refractivity contribution in [2.45, 2.75) is 56.5 Å². The molecule has 33 heavy (non-hydrogen) atoms. The molecule has 176 valence electrons. The van der Waals surface area contributed by atoms with Crippen molar-refractivity contribution in [1.82, 2.24) is 13.8 Å². The van der Waals surface area contributed by atoms with E-state index in [0.717, 1.165) is 25.7 Å². The maximum absolute atomic E-state index is 13.1. The largest absolute Gasteiger partial charge is 0.419 e. The third-order valence-corrected chi connectivity index (χ3v) is 9.58. The third kappa shape index (κ3) is 3.94. The molecule has 1 fully saturated rings. The van der Waals surface area contributed by atoms with Gasteiger partial charge in [0.2, 0.25) is 15.9 Å². The van der Waals surface area contributed by atoms with Crippen molar-refractivity contribution in [2.24, 2.45) is 0 Å². The number of amides is 1. The summed E-state index contributed by atoms with van der Waals surface area (Å²) in [6.45, 7) is 3.97. The average Bonchev–Trinajstić information content (AvgIpc) is 3.56. The van der Waals surface area contributed by atoms with Crippen LogP contribution in [0.25, 0.3) is 11.1 Å². The fourth-order valence-electron chi connectivity index (χ4n) is 4.98. The van der Waals surface area contributed by atoms with Gasteiger partial charge in [0.15, 0.2) is 5.58 Å². The molecule has 1 amide bonds. The maximum atomic E-state index is 13.1. The van der Waals surface area contributed by atoms with Gasteiger partial charge in [0, 0.05) is 43.5 Å². The number of fused-ring (bicyclic) bond motifs is 2. The lowest BCUT2D eigenvalue weighted by atomic mass is 9.97. The topological polar surface area (TPSA) is 92.8 Å². The fraction of sp³-hybridized carbons (Fsp3) is 0.478. The number of hydrogen-bond donors (Lipinski definition) is 0. The van der Waals surface area contributed by atoms with E-state index in [2.05, 4.69) is 18.4 Å². The zero-order valence-corrected chi connectivity index (χ0v) is 20.2. The predicted molar refractivity (Wildman–Crippen MR) is 126 cm³/mol. The number of aryl methyl sites for hydroxylation is 1. The highest BCUT2D eigenvalue weighted by atomic mass is 32.2. The summed E-state index contributed by atoms with van der Waals surface area (Å²) in [6, 6.07) is 6.71. The van der Waals surface area contributed by atoms with Gasteiger partial charge in [-0.05, 0) is 54.8 Å². The second-order valence-electron chi connectivity index (χ2n) is 8.57. The summed E-state index contributed by atoms with van der Waals surface area (Å²) in [5, 5.41) is 2.08. The number of benzene rings is 1. The number of nitrogens with zero attached hydrogens (tertiary/aromatic N) is 3. The molecule has 0 bridgehead atoms. The normalized spacial score (nSPS) is 19.3. The lowest BCUT2D eigenvalue weighted by Crippen LogP contribution is -2.39. The minimum atomic E-state index is -3.60. The van der Waals surface area contributed by atoms with E-state index in [0.29, 0.717) is 25.2 Å². The third-order valence-electron chi connectivity index (χ3n) is 6.69. The average molecular weight is 490 g/mol. The van der Waals surface area contributed by atoms with Crippen molar-refractivity contribution in [3.63, 3.8) is 0 Å². The number of sulfonamides is 1. The summed E-state index contributed by atoms with van der Waals surface area (Å²) >= 11 is 1.74. The van der Waals surface area contributed by atoms with E-state index in [9.17, 15) is 18.0 Å². The van der Waals surface area contributed by atoms with Gasteiger partial charge >= 0.3 is 5.76 Å². The van der Waals surface area contributed by atoms with Gasteiger partial charge in [-0.25, -0.2) is 13.2 Å². The Kier molecular flexibility index (Phi) is 5.92. The first kappa shape index (κ1) is 22.4. The molecule has 1 atom stereocenters. The monoisotopic (exact) mass is 489 g/mol. The Bertz CT molecular complexity index is 1350. The molecule has 4 heterocycles. The molecule has 2 aliphatic rings. The maximum Gasteiger partial charge on any atom is 0.419 e. The number of carbonyl (C=O) groups excluding carboxylic acids is 1. The van der Waals surface area contributed by atoms with E-state index in [-0.39, 0.29) is 35.4 Å². The predicted octanol–water partition coefficient (Wildman–Crippen LogP) is 3.37. The molecule has 0 radical (unpaired) electrons. The number of rotatable bonds is 6. The second-order valence-corrected chi connectivity index (χ2v) is 11.5. The summed E-state index contributed by atoms with van der Waals surface area (Å²) in [6.07, 6.45) is 3.59. The summed E-state index contributed by atoms with van der Waals surface area (Å²) < 4.78 is 33.9. The van der Waals surface area contributed by atoms with Gasteiger partial charge in [0.25, 0.3) is 0 Å². The number of aromatic nitrogens is 1. The van der Waals surface area contributed by atoms with Crippen LogP contribution in [0, 0.1) is 0 Å². The van der Waals surface area contributed by atoms with Crippen LogP contribution in [-0.2, 0) is 27.8 Å². The smallest absolute Gasteiger partial charge is 0.408 e. The van der Waals surface area contributed by atoms with Crippen molar-refractivity contribution >= 4 is 38.4 Å². The van der Waals surface area contributed by atoms with E-state index in [1.165, 1.54) is 31.4 Å². The van der Waals surface area contributed by atoms with Gasteiger partial charge in [-0.15, -0.1) is 11.3 Å². The van der Waals surface area contributed by atoms with Gasteiger partial charge in [0.1, 0.15) is 0 Å². The highest BCUT2D eigenvalue weighted by Gasteiger charge is 2.31. The van der Waals surface area contributed by atoms with Gasteiger partial charge in [-0.2, -0.15) is 4.31 Å². The van der Waals surface area contributed by atoms with Crippen molar-refractivity contribution < 1.29 is 17.6 Å². The van der Waals surface area contributed by atoms with Gasteiger partial charge < -0.3 is 9.32 Å². The van der Waals surface area contributed by atoms with Crippen LogP contribution in [0.5, 0.6) is 0 Å². The van der Waals surface area contributed by atoms with Crippen molar-refractivity contribution in [3.8, 4) is 0 Å². The van der Waals surface area contributed by atoms with Crippen LogP contribution < -0.4 is 5.76 Å². The molecule has 0 saturated carbocycles. The van der Waals surface area contributed by atoms with Crippen LogP contribution in [0.1, 0.15) is 49.1 Å². The standard InChI is InChI=1S/C23H27N3O5S2/c1-2-18-17-9-14-32-21(17)7-12-25(18)22(27)8-13-26-19-6-5-16(15-20(19)31-23(26)28)33(29,30)24-10-3-4-11-24/h5-6,9,14-15,18H,2-4,7-8,10-13H2,1H3/t18-/m0/s1. The zero-order valence-electron chi connectivity index (χ0n) is 18.5. The molecule has 0 aliphatic carbocycles. The lowest BCUT2D eigenvalue weighted by molar-refractivity contribution is -0.134. The Hall–Kier alpha value is -2.43. The fourth-order valence-corrected chi connectivity index (χ4v) is 7.44. The molecular weight excluding hydrogens is 462 g/mol. The Morgan fingerprint density at radius 3 is 2.73 bits per heavy atom. The SMILES string of the molecule is CC[C@H]1c2ccsc2CCN1C(=O)CCn1c(=O)oc2cc(S(=O)(=O)N3CCCC3)ccc21. The minimum Gasteiger partial charge on any atom is -0.408 e. The molecular formula is C23H27N3O5S2. The second kappa shape index (κ2) is 8.73. The Labute approximate surface area is 196 Å². The van der Waals surface area contributed by atoms with Gasteiger partial charge in [-0.3, -0.25) is 9.36 Å². The highest BCUT2D eigenvalue weighted by molar-refractivity contribution is 7.89. The molecule has 5 rings (SSSR count). The molecule has 0 N–H and O–H groups in total. The van der Waals surface area contributed by atoms with Crippen LogP contribution in [0.3, 0.4) is 0 Å². The number of thiophene rings is 1. The van der Waals surface area contributed by atoms with Gasteiger partial charge in [-0.1, -0.05) is 6.92 Å². The Morgan fingerprint density at radius 1 is 1.18 bits per heavy atom. The number of carbonyl (C=O) groups is 1. The van der Waals surface area contributed by atoms with Crippen LogP contribution in [-0.4, -0.2) is 47.7 Å². The molecule has 2 aromatic heterocycles. The molecule has 3 aromatic rings. The lowest BCUT2D eigenvalue weighted by Gasteiger charge is -2.35. The zero-order chi connectivity index (χ0) is 23.2. The van der Waals surface area contributed by atoms with E-state index >= 15 is 0 Å². The van der Waals surface area contributed by atoms with Crippen LogP contribution in [0.2, 0.25) is 0 Å². The van der Waals surface area contributed by atoms with Gasteiger partial charge in [0.05, 0.1) is 16.5 Å². The summed E-state index contributed by atoms with van der Waals surface area (Å²) in [7, 11) is -3.60. The molecule has 10 heteroatoms. The Morgan fingerprint density at radius 2 is 1.97 bits per heavy atom. The minimum absolute atomic E-state index is 0.00758. The van der Waals surface area contributed by atoms with E-state index in [1.807, 2.05) is 4.90 Å². The number of hydrogen-bond acceptors (Lipinski definition) is 6. The molecule has 8 nitrogen and oxygen atoms in total. The molecule has 0 unspecified atom stereocenters. The van der Waals surface area contributed by atoms with E-state index in [1.54, 1.807) is 17.4 Å². The first-order chi connectivity index (χ1) is 15.9. The first-order valence-electron chi connectivity index (χ1n) is 11.4. The molecule has 0 spiro atoms. The van der Waals surface area contributed by atoms with Crippen LogP contribution in [0.15, 0.2) is 43.8 Å². The summed E-state index contributed by atoms with van der Waals surface area (Å²) in [4.78, 5) is 29.0. The van der Waals surface area contributed by atoms with E-state index < -0.39 is 15.8 Å². The molecule has 1 saturated heterocycles. The molecule has 2 aliphatic heterocycles. The Balaban J connectivity index is 1.35. The summed E-state index contributed by atoms with van der Waals surface area (Å²) in [5.74, 6) is -0.576. The van der Waals surface area contributed by atoms with Crippen molar-refractivity contribution in [2.75, 3.05) is 19.6 Å². The van der Waals surface area contributed by atoms with Crippen molar-refractivity contribution in [1.29, 1.82) is 0 Å². The molecule has 1 aromatic carbocycles. The van der Waals surface area contributed by atoms with Crippen LogP contribution >= 0.6 is 11.3 Å². The van der Waals surface area contributed by atoms with E-state index in [4.69, 9.17) is 4.42 Å². The number of oxazole rings is 1.